The van der Waals surface area contributed by atoms with Crippen LogP contribution < -0.4 is 20.8 Å². The Bertz CT molecular complexity index is 3820. The molecular formula is C66H53N5. The molecule has 3 heterocycles. The molecule has 1 N–H and O–H groups in total. The van der Waals surface area contributed by atoms with E-state index in [0.29, 0.717) is 0 Å². The van der Waals surface area contributed by atoms with Crippen molar-refractivity contribution >= 4 is 46.1 Å². The van der Waals surface area contributed by atoms with Crippen molar-refractivity contribution in [1.82, 2.24) is 9.88 Å². The number of aliphatic imine (C=N–C) groups is 2. The summed E-state index contributed by atoms with van der Waals surface area (Å²) in [6.07, 6.45) is 25.5. The maximum Gasteiger partial charge on any atom is 0.161 e. The van der Waals surface area contributed by atoms with Gasteiger partial charge in [0.05, 0.1) is 17.2 Å². The molecule has 4 atom stereocenters. The van der Waals surface area contributed by atoms with Gasteiger partial charge < -0.3 is 14.8 Å². The Hall–Kier alpha value is -8.28. The average molecular weight is 916 g/mol. The van der Waals surface area contributed by atoms with Gasteiger partial charge in [-0.15, -0.1) is 0 Å². The van der Waals surface area contributed by atoms with E-state index < -0.39 is 0 Å². The smallest absolute Gasteiger partial charge is 0.161 e. The van der Waals surface area contributed by atoms with Crippen molar-refractivity contribution in [3.05, 3.63) is 245 Å². The zero-order chi connectivity index (χ0) is 47.2. The molecule has 71 heavy (non-hydrogen) atoms. The lowest BCUT2D eigenvalue weighted by Gasteiger charge is -2.29. The van der Waals surface area contributed by atoms with Gasteiger partial charge >= 0.3 is 0 Å². The number of para-hydroxylation sites is 1. The number of allylic oxidation sites excluding steroid dienone is 5. The Morgan fingerprint density at radius 1 is 0.606 bits per heavy atom. The van der Waals surface area contributed by atoms with Crippen LogP contribution >= 0.6 is 0 Å². The number of anilines is 2. The lowest BCUT2D eigenvalue weighted by Crippen LogP contribution is -2.38. The van der Waals surface area contributed by atoms with E-state index in [4.69, 9.17) is 9.98 Å². The molecule has 7 aromatic carbocycles. The number of hydrogen-bond acceptors (Lipinski definition) is 4. The maximum absolute atomic E-state index is 5.73. The first-order valence-electron chi connectivity index (χ1n) is 25.4. The summed E-state index contributed by atoms with van der Waals surface area (Å²) in [5.74, 6) is 1.98. The highest BCUT2D eigenvalue weighted by Crippen LogP contribution is 2.53. The summed E-state index contributed by atoms with van der Waals surface area (Å²) >= 11 is 0. The third-order valence-electron chi connectivity index (χ3n) is 15.9. The van der Waals surface area contributed by atoms with E-state index in [2.05, 4.69) is 247 Å². The molecule has 0 fully saturated rings. The van der Waals surface area contributed by atoms with Crippen LogP contribution in [0.25, 0.3) is 62.1 Å². The molecule has 0 bridgehead atoms. The third kappa shape index (κ3) is 6.52. The van der Waals surface area contributed by atoms with Gasteiger partial charge in [-0.25, -0.2) is 9.98 Å². The van der Waals surface area contributed by atoms with E-state index in [1.165, 1.54) is 82.9 Å². The molecule has 5 heteroatoms. The van der Waals surface area contributed by atoms with Crippen LogP contribution in [-0.4, -0.2) is 22.3 Å². The van der Waals surface area contributed by atoms with Crippen LogP contribution in [0.4, 0.5) is 11.4 Å². The van der Waals surface area contributed by atoms with Crippen molar-refractivity contribution in [3.8, 4) is 39.1 Å². The van der Waals surface area contributed by atoms with Crippen molar-refractivity contribution < 1.29 is 0 Å². The van der Waals surface area contributed by atoms with Gasteiger partial charge in [0.1, 0.15) is 12.0 Å². The number of fused-ring (bicyclic) bond motifs is 9. The fourth-order valence-electron chi connectivity index (χ4n) is 12.7. The van der Waals surface area contributed by atoms with Crippen molar-refractivity contribution in [2.75, 3.05) is 4.90 Å². The quantitative estimate of drug-likeness (QED) is 0.173. The summed E-state index contributed by atoms with van der Waals surface area (Å²) in [6, 6.07) is 58.4. The summed E-state index contributed by atoms with van der Waals surface area (Å²) in [7, 11) is 0. The molecule has 0 amide bonds. The second-order valence-electron chi connectivity index (χ2n) is 20.2. The molecule has 4 unspecified atom stereocenters. The average Bonchev–Trinajstić information content (AvgIpc) is 4.05. The van der Waals surface area contributed by atoms with E-state index in [9.17, 15) is 0 Å². The molecule has 1 aromatic heterocycles. The van der Waals surface area contributed by atoms with Gasteiger partial charge in [-0.3, -0.25) is 0 Å². The van der Waals surface area contributed by atoms with Gasteiger partial charge in [-0.05, 0) is 106 Å². The van der Waals surface area contributed by atoms with Crippen molar-refractivity contribution in [2.24, 2.45) is 15.9 Å². The Labute approximate surface area is 415 Å². The minimum atomic E-state index is -0.361. The second kappa shape index (κ2) is 16.4. The molecule has 342 valence electrons. The molecule has 5 nitrogen and oxygen atoms in total. The van der Waals surface area contributed by atoms with Crippen molar-refractivity contribution in [2.45, 2.75) is 56.7 Å². The van der Waals surface area contributed by atoms with Crippen LogP contribution in [0.5, 0.6) is 0 Å². The summed E-state index contributed by atoms with van der Waals surface area (Å²) in [4.78, 5) is 13.9. The van der Waals surface area contributed by atoms with Crippen LogP contribution in [0.1, 0.15) is 73.0 Å². The summed E-state index contributed by atoms with van der Waals surface area (Å²) in [5.41, 5.74) is 18.3. The van der Waals surface area contributed by atoms with Gasteiger partial charge in [0.15, 0.2) is 5.84 Å². The molecule has 4 aliphatic carbocycles. The van der Waals surface area contributed by atoms with E-state index in [1.54, 1.807) is 0 Å². The fraction of sp³-hybridized carbons (Fsp3) is 0.152. The minimum Gasteiger partial charge on any atom is -0.348 e. The first-order valence-corrected chi connectivity index (χ1v) is 25.4. The Balaban J connectivity index is 1.01. The molecule has 6 aliphatic rings. The predicted octanol–water partition coefficient (Wildman–Crippen LogP) is 13.9. The largest absolute Gasteiger partial charge is 0.348 e. The van der Waals surface area contributed by atoms with E-state index in [1.807, 2.05) is 0 Å². The third-order valence-corrected chi connectivity index (χ3v) is 15.9. The predicted molar refractivity (Wildman–Crippen MR) is 295 cm³/mol. The van der Waals surface area contributed by atoms with E-state index >= 15 is 0 Å². The maximum atomic E-state index is 5.73. The molecule has 2 aliphatic heterocycles. The standard InChI is InChI=1S/C66H53N5/c1-66(2)53-33-15-12-27-48(53)60-52(32-18-34-54(60)66)65-68-63(43-23-8-4-9-24-43)67-64(69-65)51-40-39-44(42-21-6-3-7-22-42)41-59(51)71-56-36-17-14-29-50(56)62-47(31-20-38-58(62)71)46-30-19-37-57-61(46)49-28-13-16-35-55(49)70(57)45-25-10-5-11-26-45/h3-13,15-16,18-23,25-41,43,49,55,65H,14,17,24H2,1-2H3,(H,67,68,69). The number of aromatic nitrogens is 1. The van der Waals surface area contributed by atoms with E-state index in [0.717, 1.165) is 47.7 Å². The Kier molecular flexibility index (Phi) is 9.64. The number of rotatable bonds is 7. The van der Waals surface area contributed by atoms with Gasteiger partial charge in [0, 0.05) is 55.7 Å². The molecule has 0 saturated carbocycles. The Morgan fingerprint density at radius 2 is 1.35 bits per heavy atom. The van der Waals surface area contributed by atoms with Crippen LogP contribution in [0, 0.1) is 5.92 Å². The monoisotopic (exact) mass is 915 g/mol. The lowest BCUT2D eigenvalue weighted by atomic mass is 9.82. The van der Waals surface area contributed by atoms with E-state index in [-0.39, 0.29) is 29.5 Å². The summed E-state index contributed by atoms with van der Waals surface area (Å²) in [6.45, 7) is 4.70. The van der Waals surface area contributed by atoms with Crippen molar-refractivity contribution in [1.29, 1.82) is 0 Å². The normalized spacial score (nSPS) is 20.7. The highest BCUT2D eigenvalue weighted by Gasteiger charge is 2.41. The molecular weight excluding hydrogens is 863 g/mol. The highest BCUT2D eigenvalue weighted by molar-refractivity contribution is 6.12. The lowest BCUT2D eigenvalue weighted by molar-refractivity contribution is 0.637. The van der Waals surface area contributed by atoms with Gasteiger partial charge in [-0.1, -0.05) is 196 Å². The SMILES string of the molecule is CC1(C)c2ccccc2-c2c(C3N=C(c4ccc(-c5ccccc5)cc4-n4c5c(c6c(-c7cccc8c7C7C=CC=CC7N8c7ccccc7)cccc64)=CCCC=5)N=C(C4C=CC=CC4)N3)cccc21. The summed E-state index contributed by atoms with van der Waals surface area (Å²) in [5, 5.41) is 7.71. The number of nitrogens with zero attached hydrogens (tertiary/aromatic N) is 4. The molecule has 0 spiro atoms. The zero-order valence-electron chi connectivity index (χ0n) is 40.0. The minimum absolute atomic E-state index is 0.0886. The van der Waals surface area contributed by atoms with Gasteiger partial charge in [0.25, 0.3) is 0 Å². The molecule has 14 rings (SSSR count). The topological polar surface area (TPSA) is 44.9 Å². The van der Waals surface area contributed by atoms with Crippen LogP contribution in [0.15, 0.2) is 216 Å². The molecule has 0 saturated heterocycles. The first-order chi connectivity index (χ1) is 35.0. The zero-order valence-corrected chi connectivity index (χ0v) is 40.0. The molecule has 8 aromatic rings. The van der Waals surface area contributed by atoms with Gasteiger partial charge in [-0.2, -0.15) is 0 Å². The fourth-order valence-corrected chi connectivity index (χ4v) is 12.7. The van der Waals surface area contributed by atoms with Crippen molar-refractivity contribution in [3.63, 3.8) is 0 Å². The van der Waals surface area contributed by atoms with Crippen LogP contribution in [0.2, 0.25) is 0 Å². The van der Waals surface area contributed by atoms with Gasteiger partial charge in [0.2, 0.25) is 0 Å². The highest BCUT2D eigenvalue weighted by atomic mass is 15.2. The Morgan fingerprint density at radius 3 is 2.23 bits per heavy atom. The number of amidine groups is 2. The summed E-state index contributed by atoms with van der Waals surface area (Å²) < 4.78 is 2.54. The number of nitrogens with one attached hydrogen (secondary N) is 1. The number of hydrogen-bond donors (Lipinski definition) is 1. The first kappa shape index (κ1) is 41.7. The second-order valence-corrected chi connectivity index (χ2v) is 20.2. The molecule has 0 radical (unpaired) electrons. The number of benzene rings is 7. The van der Waals surface area contributed by atoms with Crippen LogP contribution in [-0.2, 0) is 5.41 Å². The van der Waals surface area contributed by atoms with Crippen LogP contribution in [0.3, 0.4) is 0 Å².